The van der Waals surface area contributed by atoms with Crippen molar-refractivity contribution in [2.75, 3.05) is 13.1 Å². The molecule has 0 radical (unpaired) electrons. The Hall–Kier alpha value is -0.890. The van der Waals surface area contributed by atoms with E-state index >= 15 is 0 Å². The average Bonchev–Trinajstić information content (AvgIpc) is 2.62. The highest BCUT2D eigenvalue weighted by atomic mass is 15.0. The molecule has 62 valence electrons. The van der Waals surface area contributed by atoms with Crippen molar-refractivity contribution >= 4 is 0 Å². The largest absolute Gasteiger partial charge is 0.316 e. The molecule has 0 aromatic carbocycles. The Balaban J connectivity index is 1.85. The fraction of sp³-hybridized carbons (Fsp3) is 0.500. The highest BCUT2D eigenvalue weighted by Crippen LogP contribution is 2.55. The number of rotatable bonds is 1. The first-order valence-corrected chi connectivity index (χ1v) is 4.57. The smallest absolute Gasteiger partial charge is 0.0302 e. The summed E-state index contributed by atoms with van der Waals surface area (Å²) in [4.78, 5) is 4.15. The fourth-order valence-electron chi connectivity index (χ4n) is 2.49. The zero-order valence-corrected chi connectivity index (χ0v) is 6.90. The van der Waals surface area contributed by atoms with Gasteiger partial charge in [0.05, 0.1) is 0 Å². The van der Waals surface area contributed by atoms with Crippen molar-refractivity contribution in [3.63, 3.8) is 0 Å². The first kappa shape index (κ1) is 6.61. The third-order valence-electron chi connectivity index (χ3n) is 3.16. The number of pyridine rings is 1. The SMILES string of the molecule is c1cncc(C2C3CNCC32)c1. The van der Waals surface area contributed by atoms with Crippen LogP contribution in [0, 0.1) is 11.8 Å². The number of nitrogens with one attached hydrogen (secondary N) is 1. The van der Waals surface area contributed by atoms with Crippen LogP contribution >= 0.6 is 0 Å². The van der Waals surface area contributed by atoms with Crippen LogP contribution in [0.1, 0.15) is 11.5 Å². The predicted octanol–water partition coefficient (Wildman–Crippen LogP) is 1.01. The van der Waals surface area contributed by atoms with E-state index in [1.54, 1.807) is 0 Å². The molecule has 1 aromatic heterocycles. The topological polar surface area (TPSA) is 24.9 Å². The minimum absolute atomic E-state index is 0.819. The molecular weight excluding hydrogens is 148 g/mol. The van der Waals surface area contributed by atoms with Crippen molar-refractivity contribution in [2.24, 2.45) is 11.8 Å². The van der Waals surface area contributed by atoms with Crippen molar-refractivity contribution in [1.82, 2.24) is 10.3 Å². The van der Waals surface area contributed by atoms with Crippen LogP contribution in [0.4, 0.5) is 0 Å². The Morgan fingerprint density at radius 3 is 2.83 bits per heavy atom. The summed E-state index contributed by atoms with van der Waals surface area (Å²) in [6.07, 6.45) is 3.86. The molecule has 12 heavy (non-hydrogen) atoms. The van der Waals surface area contributed by atoms with Crippen LogP contribution in [0.3, 0.4) is 0 Å². The second-order valence-electron chi connectivity index (χ2n) is 3.80. The maximum Gasteiger partial charge on any atom is 0.0302 e. The van der Waals surface area contributed by atoms with E-state index in [0.29, 0.717) is 0 Å². The molecule has 0 bridgehead atoms. The zero-order valence-electron chi connectivity index (χ0n) is 6.90. The highest BCUT2D eigenvalue weighted by molar-refractivity contribution is 5.27. The molecule has 1 N–H and O–H groups in total. The van der Waals surface area contributed by atoms with Gasteiger partial charge in [-0.3, -0.25) is 4.98 Å². The molecule has 0 amide bonds. The van der Waals surface area contributed by atoms with Gasteiger partial charge < -0.3 is 5.32 Å². The average molecular weight is 160 g/mol. The van der Waals surface area contributed by atoms with Gasteiger partial charge in [-0.2, -0.15) is 0 Å². The van der Waals surface area contributed by atoms with Crippen molar-refractivity contribution < 1.29 is 0 Å². The standard InChI is InChI=1S/C10H12N2/c1-2-7(4-11-3-1)10-8-5-12-6-9(8)10/h1-4,8-10,12H,5-6H2. The molecule has 1 aliphatic heterocycles. The fourth-order valence-corrected chi connectivity index (χ4v) is 2.49. The summed E-state index contributed by atoms with van der Waals surface area (Å²) in [7, 11) is 0. The first-order valence-electron chi connectivity index (χ1n) is 4.57. The quantitative estimate of drug-likeness (QED) is 0.663. The maximum absolute atomic E-state index is 4.15. The van der Waals surface area contributed by atoms with E-state index in [1.807, 2.05) is 18.5 Å². The van der Waals surface area contributed by atoms with Gasteiger partial charge in [-0.1, -0.05) is 6.07 Å². The van der Waals surface area contributed by atoms with Crippen LogP contribution in [-0.4, -0.2) is 18.1 Å². The molecule has 1 aromatic rings. The number of hydrogen-bond donors (Lipinski definition) is 1. The summed E-state index contributed by atoms with van der Waals surface area (Å²) < 4.78 is 0. The molecule has 2 aliphatic rings. The monoisotopic (exact) mass is 160 g/mol. The van der Waals surface area contributed by atoms with Crippen molar-refractivity contribution in [1.29, 1.82) is 0 Å². The van der Waals surface area contributed by atoms with Gasteiger partial charge in [-0.05, 0) is 42.5 Å². The van der Waals surface area contributed by atoms with Gasteiger partial charge in [0.15, 0.2) is 0 Å². The molecule has 1 aliphatic carbocycles. The number of aromatic nitrogens is 1. The van der Waals surface area contributed by atoms with Gasteiger partial charge in [0, 0.05) is 12.4 Å². The molecular formula is C10H12N2. The van der Waals surface area contributed by atoms with E-state index in [4.69, 9.17) is 0 Å². The molecule has 2 heterocycles. The van der Waals surface area contributed by atoms with Crippen molar-refractivity contribution in [3.05, 3.63) is 30.1 Å². The Bertz CT molecular complexity index is 273. The van der Waals surface area contributed by atoms with E-state index in [1.165, 1.54) is 18.7 Å². The lowest BCUT2D eigenvalue weighted by atomic mass is 10.1. The number of piperidine rings is 1. The third kappa shape index (κ3) is 0.815. The lowest BCUT2D eigenvalue weighted by Gasteiger charge is -2.02. The maximum atomic E-state index is 4.15. The number of hydrogen-bond acceptors (Lipinski definition) is 2. The van der Waals surface area contributed by atoms with Crippen molar-refractivity contribution in [2.45, 2.75) is 5.92 Å². The minimum Gasteiger partial charge on any atom is -0.316 e. The summed E-state index contributed by atoms with van der Waals surface area (Å²) in [6.45, 7) is 2.43. The van der Waals surface area contributed by atoms with Gasteiger partial charge in [0.25, 0.3) is 0 Å². The minimum atomic E-state index is 0.819. The molecule has 2 unspecified atom stereocenters. The normalized spacial score (nSPS) is 37.8. The lowest BCUT2D eigenvalue weighted by molar-refractivity contribution is 0.683. The molecule has 1 saturated heterocycles. The van der Waals surface area contributed by atoms with Gasteiger partial charge in [-0.25, -0.2) is 0 Å². The summed E-state index contributed by atoms with van der Waals surface area (Å²) in [5.41, 5.74) is 1.44. The van der Waals surface area contributed by atoms with Gasteiger partial charge in [0.1, 0.15) is 0 Å². The predicted molar refractivity (Wildman–Crippen MR) is 46.8 cm³/mol. The van der Waals surface area contributed by atoms with Crippen LogP contribution in [0.5, 0.6) is 0 Å². The second-order valence-corrected chi connectivity index (χ2v) is 3.80. The third-order valence-corrected chi connectivity index (χ3v) is 3.16. The highest BCUT2D eigenvalue weighted by Gasteiger charge is 2.53. The van der Waals surface area contributed by atoms with Gasteiger partial charge in [0.2, 0.25) is 0 Å². The molecule has 2 nitrogen and oxygen atoms in total. The first-order chi connectivity index (χ1) is 5.97. The number of nitrogens with zero attached hydrogens (tertiary/aromatic N) is 1. The van der Waals surface area contributed by atoms with Crippen LogP contribution in [0.2, 0.25) is 0 Å². The van der Waals surface area contributed by atoms with Crippen molar-refractivity contribution in [3.8, 4) is 0 Å². The van der Waals surface area contributed by atoms with Crippen LogP contribution in [0.25, 0.3) is 0 Å². The lowest BCUT2D eigenvalue weighted by Crippen LogP contribution is -2.13. The second kappa shape index (κ2) is 2.30. The molecule has 2 heteroatoms. The summed E-state index contributed by atoms with van der Waals surface area (Å²) >= 11 is 0. The van der Waals surface area contributed by atoms with E-state index in [0.717, 1.165) is 17.8 Å². The van der Waals surface area contributed by atoms with Gasteiger partial charge in [-0.15, -0.1) is 0 Å². The Labute approximate surface area is 72.0 Å². The summed E-state index contributed by atoms with van der Waals surface area (Å²) in [5.74, 6) is 2.64. The molecule has 0 spiro atoms. The van der Waals surface area contributed by atoms with E-state index < -0.39 is 0 Å². The molecule has 1 saturated carbocycles. The Morgan fingerprint density at radius 1 is 1.33 bits per heavy atom. The zero-order chi connectivity index (χ0) is 7.97. The molecule has 2 fully saturated rings. The van der Waals surface area contributed by atoms with E-state index in [2.05, 4.69) is 16.4 Å². The Kier molecular flexibility index (Phi) is 1.27. The van der Waals surface area contributed by atoms with Gasteiger partial charge >= 0.3 is 0 Å². The van der Waals surface area contributed by atoms with Crippen LogP contribution < -0.4 is 5.32 Å². The van der Waals surface area contributed by atoms with Crippen LogP contribution in [0.15, 0.2) is 24.5 Å². The van der Waals surface area contributed by atoms with E-state index in [9.17, 15) is 0 Å². The van der Waals surface area contributed by atoms with Crippen LogP contribution in [-0.2, 0) is 0 Å². The molecule has 3 rings (SSSR count). The van der Waals surface area contributed by atoms with E-state index in [-0.39, 0.29) is 0 Å². The number of fused-ring (bicyclic) bond motifs is 1. The summed E-state index contributed by atoms with van der Waals surface area (Å²) in [6, 6.07) is 4.24. The summed E-state index contributed by atoms with van der Waals surface area (Å²) in [5, 5.41) is 3.40. The Morgan fingerprint density at radius 2 is 2.17 bits per heavy atom. The molecule has 2 atom stereocenters.